The second-order valence-electron chi connectivity index (χ2n) is 9.10. The number of hydrogen-bond acceptors (Lipinski definition) is 9. The van der Waals surface area contributed by atoms with Crippen molar-refractivity contribution in [2.24, 2.45) is 0 Å². The van der Waals surface area contributed by atoms with Crippen molar-refractivity contribution in [1.29, 1.82) is 0 Å². The maximum absolute atomic E-state index is 12.6. The fraction of sp³-hybridized carbons (Fsp3) is 0.727. The van der Waals surface area contributed by atoms with Crippen LogP contribution in [0.15, 0.2) is 0 Å². The van der Waals surface area contributed by atoms with Gasteiger partial charge in [-0.3, -0.25) is 14.3 Å². The van der Waals surface area contributed by atoms with Crippen LogP contribution in [-0.2, 0) is 16.1 Å². The number of ether oxygens (including phenoxy) is 3. The molecule has 1 saturated heterocycles. The van der Waals surface area contributed by atoms with Crippen LogP contribution < -0.4 is 15.2 Å². The van der Waals surface area contributed by atoms with Crippen LogP contribution in [0.1, 0.15) is 59.8 Å². The predicted octanol–water partition coefficient (Wildman–Crippen LogP) is 2.79. The van der Waals surface area contributed by atoms with Crippen molar-refractivity contribution in [2.45, 2.75) is 78.0 Å². The number of imidazole rings is 1. The summed E-state index contributed by atoms with van der Waals surface area (Å²) >= 11 is 0. The van der Waals surface area contributed by atoms with Crippen LogP contribution in [0.3, 0.4) is 0 Å². The van der Waals surface area contributed by atoms with Crippen molar-refractivity contribution in [3.8, 4) is 12.0 Å². The van der Waals surface area contributed by atoms with Crippen LogP contribution >= 0.6 is 0 Å². The Labute approximate surface area is 189 Å². The zero-order valence-corrected chi connectivity index (χ0v) is 19.9. The van der Waals surface area contributed by atoms with Gasteiger partial charge in [0, 0.05) is 13.1 Å². The molecule has 0 aliphatic carbocycles. The van der Waals surface area contributed by atoms with Gasteiger partial charge in [0.2, 0.25) is 0 Å². The van der Waals surface area contributed by atoms with E-state index < -0.39 is 5.60 Å². The zero-order valence-electron chi connectivity index (χ0n) is 19.9. The average Bonchev–Trinajstić information content (AvgIpc) is 3.32. The lowest BCUT2D eigenvalue weighted by molar-refractivity contribution is -0.160. The van der Waals surface area contributed by atoms with Gasteiger partial charge in [0.1, 0.15) is 11.6 Å². The minimum Gasteiger partial charge on any atom is -0.468 e. The SMILES string of the molecule is CCCCOc1nc(N)c2nc(OC)n(CCCN3CCC[C@H]3C(=O)OC(C)(C)C)c2n1. The van der Waals surface area contributed by atoms with E-state index in [9.17, 15) is 4.79 Å². The fourth-order valence-corrected chi connectivity index (χ4v) is 3.87. The number of nitrogen functional groups attached to an aromatic ring is 1. The van der Waals surface area contributed by atoms with E-state index in [0.717, 1.165) is 45.2 Å². The second-order valence-corrected chi connectivity index (χ2v) is 9.10. The molecule has 3 rings (SSSR count). The van der Waals surface area contributed by atoms with E-state index in [1.807, 2.05) is 25.3 Å². The van der Waals surface area contributed by atoms with Crippen molar-refractivity contribution < 1.29 is 19.0 Å². The molecule has 0 amide bonds. The molecular formula is C22H36N6O4. The van der Waals surface area contributed by atoms with Gasteiger partial charge in [-0.2, -0.15) is 15.0 Å². The molecule has 2 aromatic heterocycles. The minimum atomic E-state index is -0.481. The summed E-state index contributed by atoms with van der Waals surface area (Å²) < 4.78 is 18.6. The number of anilines is 1. The molecule has 1 atom stereocenters. The van der Waals surface area contributed by atoms with Gasteiger partial charge in [-0.05, 0) is 53.0 Å². The van der Waals surface area contributed by atoms with E-state index in [1.54, 1.807) is 7.11 Å². The van der Waals surface area contributed by atoms with Crippen LogP contribution in [0.4, 0.5) is 5.82 Å². The maximum atomic E-state index is 12.6. The number of nitrogens with two attached hydrogens (primary N) is 1. The van der Waals surface area contributed by atoms with Gasteiger partial charge in [0.25, 0.3) is 6.01 Å². The van der Waals surface area contributed by atoms with Gasteiger partial charge in [-0.15, -0.1) is 0 Å². The Kier molecular flexibility index (Phi) is 7.76. The number of fused-ring (bicyclic) bond motifs is 1. The van der Waals surface area contributed by atoms with Crippen LogP contribution in [0.2, 0.25) is 0 Å². The molecule has 0 saturated carbocycles. The summed E-state index contributed by atoms with van der Waals surface area (Å²) in [6.07, 6.45) is 4.54. The molecule has 1 fully saturated rings. The number of methoxy groups -OCH3 is 1. The molecule has 0 spiro atoms. The molecule has 0 bridgehead atoms. The van der Waals surface area contributed by atoms with Crippen LogP contribution in [0, 0.1) is 0 Å². The number of aromatic nitrogens is 4. The Hall–Kier alpha value is -2.62. The number of likely N-dealkylation sites (tertiary alicyclic amines) is 1. The van der Waals surface area contributed by atoms with E-state index in [2.05, 4.69) is 26.8 Å². The molecule has 0 unspecified atom stereocenters. The smallest absolute Gasteiger partial charge is 0.323 e. The Bertz CT molecular complexity index is 923. The second kappa shape index (κ2) is 10.3. The first kappa shape index (κ1) is 24.0. The van der Waals surface area contributed by atoms with E-state index in [-0.39, 0.29) is 23.8 Å². The number of aryl methyl sites for hydroxylation is 1. The Balaban J connectivity index is 1.70. The molecule has 1 aliphatic rings. The molecule has 0 aromatic carbocycles. The average molecular weight is 449 g/mol. The summed E-state index contributed by atoms with van der Waals surface area (Å²) in [4.78, 5) is 28.0. The van der Waals surface area contributed by atoms with Gasteiger partial charge in [-0.25, -0.2) is 0 Å². The fourth-order valence-electron chi connectivity index (χ4n) is 3.87. The van der Waals surface area contributed by atoms with Gasteiger partial charge < -0.3 is 19.9 Å². The Morgan fingerprint density at radius 2 is 1.97 bits per heavy atom. The molecule has 178 valence electrons. The standard InChI is InChI=1S/C22H36N6O4/c1-6-7-14-31-20-25-17(23)16-18(26-20)28(21(24-16)30-5)13-9-12-27-11-8-10-15(27)19(29)32-22(2,3)4/h15H,6-14H2,1-5H3,(H2,23,25,26)/t15-/m0/s1. The first-order valence-electron chi connectivity index (χ1n) is 11.4. The van der Waals surface area contributed by atoms with Crippen molar-refractivity contribution in [2.75, 3.05) is 32.5 Å². The molecule has 32 heavy (non-hydrogen) atoms. The molecular weight excluding hydrogens is 412 g/mol. The Morgan fingerprint density at radius 1 is 1.19 bits per heavy atom. The van der Waals surface area contributed by atoms with Crippen LogP contribution in [-0.4, -0.2) is 68.8 Å². The minimum absolute atomic E-state index is 0.143. The number of rotatable bonds is 10. The van der Waals surface area contributed by atoms with Crippen molar-refractivity contribution >= 4 is 23.0 Å². The van der Waals surface area contributed by atoms with Gasteiger partial charge in [-0.1, -0.05) is 13.3 Å². The summed E-state index contributed by atoms with van der Waals surface area (Å²) in [5.41, 5.74) is 6.71. The third kappa shape index (κ3) is 5.79. The normalized spacial score (nSPS) is 17.1. The van der Waals surface area contributed by atoms with Crippen LogP contribution in [0.25, 0.3) is 11.2 Å². The maximum Gasteiger partial charge on any atom is 0.323 e. The predicted molar refractivity (Wildman–Crippen MR) is 122 cm³/mol. The number of unbranched alkanes of at least 4 members (excludes halogenated alkanes) is 1. The molecule has 1 aliphatic heterocycles. The molecule has 3 heterocycles. The van der Waals surface area contributed by atoms with E-state index in [0.29, 0.717) is 30.3 Å². The zero-order chi connectivity index (χ0) is 23.3. The number of carbonyl (C=O) groups is 1. The summed E-state index contributed by atoms with van der Waals surface area (Å²) in [7, 11) is 1.57. The molecule has 0 radical (unpaired) electrons. The number of nitrogens with zero attached hydrogens (tertiary/aromatic N) is 5. The molecule has 2 aromatic rings. The topological polar surface area (TPSA) is 118 Å². The first-order valence-corrected chi connectivity index (χ1v) is 11.4. The lowest BCUT2D eigenvalue weighted by Crippen LogP contribution is -2.41. The van der Waals surface area contributed by atoms with Gasteiger partial charge >= 0.3 is 12.0 Å². The molecule has 10 heteroatoms. The summed E-state index contributed by atoms with van der Waals surface area (Å²) in [6.45, 7) is 10.6. The lowest BCUT2D eigenvalue weighted by atomic mass is 10.1. The highest BCUT2D eigenvalue weighted by atomic mass is 16.6. The van der Waals surface area contributed by atoms with Crippen LogP contribution in [0.5, 0.6) is 12.0 Å². The van der Waals surface area contributed by atoms with Crippen molar-refractivity contribution in [1.82, 2.24) is 24.4 Å². The quantitative estimate of drug-likeness (QED) is 0.432. The van der Waals surface area contributed by atoms with Gasteiger partial charge in [0.15, 0.2) is 17.0 Å². The summed E-state index contributed by atoms with van der Waals surface area (Å²) in [5.74, 6) is 0.123. The highest BCUT2D eigenvalue weighted by Crippen LogP contribution is 2.26. The number of esters is 1. The highest BCUT2D eigenvalue weighted by molar-refractivity contribution is 5.83. The molecule has 10 nitrogen and oxygen atoms in total. The van der Waals surface area contributed by atoms with Crippen molar-refractivity contribution in [3.05, 3.63) is 0 Å². The highest BCUT2D eigenvalue weighted by Gasteiger charge is 2.33. The van der Waals surface area contributed by atoms with Gasteiger partial charge in [0.05, 0.1) is 13.7 Å². The third-order valence-corrected chi connectivity index (χ3v) is 5.35. The molecule has 2 N–H and O–H groups in total. The van der Waals surface area contributed by atoms with E-state index in [1.165, 1.54) is 0 Å². The number of carbonyl (C=O) groups excluding carboxylic acids is 1. The summed E-state index contributed by atoms with van der Waals surface area (Å²) in [6, 6.07) is 0.487. The van der Waals surface area contributed by atoms with E-state index in [4.69, 9.17) is 19.9 Å². The largest absolute Gasteiger partial charge is 0.468 e. The lowest BCUT2D eigenvalue weighted by Gasteiger charge is -2.27. The van der Waals surface area contributed by atoms with Crippen molar-refractivity contribution in [3.63, 3.8) is 0 Å². The van der Waals surface area contributed by atoms with E-state index >= 15 is 0 Å². The first-order chi connectivity index (χ1) is 15.2. The monoisotopic (exact) mass is 448 g/mol. The summed E-state index contributed by atoms with van der Waals surface area (Å²) in [5, 5.41) is 0. The Morgan fingerprint density at radius 3 is 2.66 bits per heavy atom. The third-order valence-electron chi connectivity index (χ3n) is 5.35. The number of hydrogen-bond donors (Lipinski definition) is 1.